The summed E-state index contributed by atoms with van der Waals surface area (Å²) in [5.74, 6) is -0.273. The smallest absolute Gasteiger partial charge is 0.129 e. The van der Waals surface area contributed by atoms with E-state index in [-0.39, 0.29) is 17.5 Å². The predicted molar refractivity (Wildman–Crippen MR) is 71.4 cm³/mol. The summed E-state index contributed by atoms with van der Waals surface area (Å²) in [4.78, 5) is 0. The second kappa shape index (κ2) is 5.55. The van der Waals surface area contributed by atoms with E-state index in [1.807, 2.05) is 7.05 Å². The van der Waals surface area contributed by atoms with Crippen LogP contribution in [-0.2, 0) is 4.74 Å². The zero-order valence-electron chi connectivity index (χ0n) is 10.8. The number of hydrogen-bond acceptors (Lipinski definition) is 2. The molecule has 0 aliphatic heterocycles. The Morgan fingerprint density at radius 2 is 2.06 bits per heavy atom. The van der Waals surface area contributed by atoms with E-state index in [0.717, 1.165) is 25.7 Å². The summed E-state index contributed by atoms with van der Waals surface area (Å²) in [6.07, 6.45) is 4.16. The van der Waals surface area contributed by atoms with E-state index < -0.39 is 0 Å². The number of ether oxygens (including phenoxy) is 1. The molecule has 0 aromatic heterocycles. The molecule has 0 spiro atoms. The number of nitrogens with one attached hydrogen (secondary N) is 1. The van der Waals surface area contributed by atoms with Gasteiger partial charge in [0, 0.05) is 17.7 Å². The molecular weight excluding hydrogens is 253 g/mol. The SMILES string of the molecule is CNC(c1ccc(Cl)cc1F)C1(OC)CCCC1. The van der Waals surface area contributed by atoms with Crippen LogP contribution >= 0.6 is 11.6 Å². The van der Waals surface area contributed by atoms with Crippen LogP contribution in [-0.4, -0.2) is 19.8 Å². The van der Waals surface area contributed by atoms with Crippen LogP contribution in [0.1, 0.15) is 37.3 Å². The van der Waals surface area contributed by atoms with Gasteiger partial charge in [-0.05, 0) is 32.0 Å². The number of likely N-dealkylation sites (N-methyl/N-ethyl adjacent to an activating group) is 1. The highest BCUT2D eigenvalue weighted by atomic mass is 35.5. The van der Waals surface area contributed by atoms with E-state index in [1.54, 1.807) is 19.2 Å². The van der Waals surface area contributed by atoms with E-state index in [2.05, 4.69) is 5.32 Å². The van der Waals surface area contributed by atoms with Crippen LogP contribution in [0.5, 0.6) is 0 Å². The average Bonchev–Trinajstić information content (AvgIpc) is 2.83. The number of hydrogen-bond donors (Lipinski definition) is 1. The minimum absolute atomic E-state index is 0.137. The van der Waals surface area contributed by atoms with Crippen molar-refractivity contribution < 1.29 is 9.13 Å². The van der Waals surface area contributed by atoms with Crippen molar-refractivity contribution in [1.29, 1.82) is 0 Å². The van der Waals surface area contributed by atoms with Gasteiger partial charge in [0.25, 0.3) is 0 Å². The van der Waals surface area contributed by atoms with Crippen molar-refractivity contribution in [1.82, 2.24) is 5.32 Å². The first-order valence-electron chi connectivity index (χ1n) is 6.30. The largest absolute Gasteiger partial charge is 0.376 e. The molecule has 4 heteroatoms. The highest BCUT2D eigenvalue weighted by Crippen LogP contribution is 2.43. The number of benzene rings is 1. The maximum Gasteiger partial charge on any atom is 0.129 e. The predicted octanol–water partition coefficient (Wildman–Crippen LogP) is 3.70. The fourth-order valence-electron chi connectivity index (χ4n) is 3.02. The molecule has 0 saturated heterocycles. The van der Waals surface area contributed by atoms with Crippen molar-refractivity contribution in [3.05, 3.63) is 34.6 Å². The molecule has 1 N–H and O–H groups in total. The maximum atomic E-state index is 14.1. The Bertz CT molecular complexity index is 418. The quantitative estimate of drug-likeness (QED) is 0.902. The molecule has 0 bridgehead atoms. The van der Waals surface area contributed by atoms with Crippen molar-refractivity contribution in [3.8, 4) is 0 Å². The fourth-order valence-corrected chi connectivity index (χ4v) is 3.18. The number of halogens is 2. The highest BCUT2D eigenvalue weighted by Gasteiger charge is 2.42. The summed E-state index contributed by atoms with van der Waals surface area (Å²) in [5, 5.41) is 3.62. The molecule has 1 aromatic rings. The van der Waals surface area contributed by atoms with Crippen LogP contribution in [0.4, 0.5) is 4.39 Å². The maximum absolute atomic E-state index is 14.1. The van der Waals surface area contributed by atoms with Crippen molar-refractivity contribution in [2.24, 2.45) is 0 Å². The summed E-state index contributed by atoms with van der Waals surface area (Å²) < 4.78 is 19.8. The summed E-state index contributed by atoms with van der Waals surface area (Å²) in [6.45, 7) is 0. The molecule has 1 aromatic carbocycles. The van der Waals surface area contributed by atoms with Crippen molar-refractivity contribution in [2.45, 2.75) is 37.3 Å². The third-order valence-corrected chi connectivity index (χ3v) is 4.18. The van der Waals surface area contributed by atoms with Crippen LogP contribution in [0.3, 0.4) is 0 Å². The van der Waals surface area contributed by atoms with E-state index in [1.165, 1.54) is 6.07 Å². The minimum atomic E-state index is -0.302. The lowest BCUT2D eigenvalue weighted by Gasteiger charge is -2.36. The number of methoxy groups -OCH3 is 1. The molecular formula is C14H19ClFNO. The summed E-state index contributed by atoms with van der Waals surface area (Å²) >= 11 is 5.80. The molecule has 2 rings (SSSR count). The van der Waals surface area contributed by atoms with E-state index in [4.69, 9.17) is 16.3 Å². The Balaban J connectivity index is 2.38. The van der Waals surface area contributed by atoms with Gasteiger partial charge in [0.15, 0.2) is 0 Å². The highest BCUT2D eigenvalue weighted by molar-refractivity contribution is 6.30. The third kappa shape index (κ3) is 2.40. The fraction of sp³-hybridized carbons (Fsp3) is 0.571. The standard InChI is InChI=1S/C14H19ClFNO/c1-17-13(14(18-2)7-3-4-8-14)11-6-5-10(15)9-12(11)16/h5-6,9,13,17H,3-4,7-8H2,1-2H3. The monoisotopic (exact) mass is 271 g/mol. The molecule has 0 radical (unpaired) electrons. The molecule has 18 heavy (non-hydrogen) atoms. The zero-order valence-corrected chi connectivity index (χ0v) is 11.6. The topological polar surface area (TPSA) is 21.3 Å². The second-order valence-corrected chi connectivity index (χ2v) is 5.30. The summed E-state index contributed by atoms with van der Waals surface area (Å²) in [5.41, 5.74) is 0.328. The van der Waals surface area contributed by atoms with Crippen molar-refractivity contribution in [3.63, 3.8) is 0 Å². The molecule has 1 saturated carbocycles. The molecule has 100 valence electrons. The molecule has 2 nitrogen and oxygen atoms in total. The Morgan fingerprint density at radius 1 is 1.39 bits per heavy atom. The van der Waals surface area contributed by atoms with Crippen LogP contribution in [0.25, 0.3) is 0 Å². The van der Waals surface area contributed by atoms with E-state index >= 15 is 0 Å². The van der Waals surface area contributed by atoms with Gasteiger partial charge in [-0.1, -0.05) is 30.5 Å². The Kier molecular flexibility index (Phi) is 4.25. The number of rotatable bonds is 4. The molecule has 0 amide bonds. The van der Waals surface area contributed by atoms with Crippen LogP contribution < -0.4 is 5.32 Å². The van der Waals surface area contributed by atoms with Gasteiger partial charge >= 0.3 is 0 Å². The Hall–Kier alpha value is -0.640. The van der Waals surface area contributed by atoms with Gasteiger partial charge < -0.3 is 10.1 Å². The first-order chi connectivity index (χ1) is 8.63. The lowest BCUT2D eigenvalue weighted by Crippen LogP contribution is -2.42. The molecule has 0 heterocycles. The van der Waals surface area contributed by atoms with Gasteiger partial charge in [0.1, 0.15) is 5.82 Å². The van der Waals surface area contributed by atoms with Gasteiger partial charge in [0.2, 0.25) is 0 Å². The molecule has 1 unspecified atom stereocenters. The lowest BCUT2D eigenvalue weighted by molar-refractivity contribution is -0.0357. The minimum Gasteiger partial charge on any atom is -0.376 e. The molecule has 1 aliphatic carbocycles. The molecule has 1 aliphatic rings. The Morgan fingerprint density at radius 3 is 2.56 bits per heavy atom. The van der Waals surface area contributed by atoms with Gasteiger partial charge in [-0.2, -0.15) is 0 Å². The Labute approximate surface area is 112 Å². The first kappa shape index (κ1) is 13.8. The summed E-state index contributed by atoms with van der Waals surface area (Å²) in [7, 11) is 3.56. The van der Waals surface area contributed by atoms with Crippen LogP contribution in [0, 0.1) is 5.82 Å². The summed E-state index contributed by atoms with van der Waals surface area (Å²) in [6, 6.07) is 4.70. The average molecular weight is 272 g/mol. The van der Waals surface area contributed by atoms with Crippen molar-refractivity contribution >= 4 is 11.6 Å². The van der Waals surface area contributed by atoms with Crippen LogP contribution in [0.15, 0.2) is 18.2 Å². The molecule has 1 fully saturated rings. The lowest BCUT2D eigenvalue weighted by atomic mass is 9.86. The first-order valence-corrected chi connectivity index (χ1v) is 6.68. The zero-order chi connectivity index (χ0) is 13.2. The van der Waals surface area contributed by atoms with Gasteiger partial charge in [0.05, 0.1) is 11.6 Å². The molecule has 1 atom stereocenters. The third-order valence-electron chi connectivity index (χ3n) is 3.94. The second-order valence-electron chi connectivity index (χ2n) is 4.86. The van der Waals surface area contributed by atoms with E-state index in [9.17, 15) is 4.39 Å². The normalized spacial score (nSPS) is 20.0. The van der Waals surface area contributed by atoms with E-state index in [0.29, 0.717) is 10.6 Å². The van der Waals surface area contributed by atoms with Gasteiger partial charge in [-0.25, -0.2) is 4.39 Å². The van der Waals surface area contributed by atoms with Crippen molar-refractivity contribution in [2.75, 3.05) is 14.2 Å². The van der Waals surface area contributed by atoms with Gasteiger partial charge in [-0.15, -0.1) is 0 Å². The van der Waals surface area contributed by atoms with Gasteiger partial charge in [-0.3, -0.25) is 0 Å². The van der Waals surface area contributed by atoms with Crippen LogP contribution in [0.2, 0.25) is 5.02 Å².